The zero-order chi connectivity index (χ0) is 12.0. The molecule has 1 aromatic carbocycles. The zero-order valence-corrected chi connectivity index (χ0v) is 9.76. The number of aliphatic hydroxyl groups excluding tert-OH is 1. The maximum absolute atomic E-state index is 12.2. The van der Waals surface area contributed by atoms with E-state index in [1.165, 1.54) is 6.33 Å². The van der Waals surface area contributed by atoms with E-state index in [1.54, 1.807) is 22.8 Å². The van der Waals surface area contributed by atoms with Crippen LogP contribution in [0.4, 0.5) is 0 Å². The molecule has 1 heterocycles. The summed E-state index contributed by atoms with van der Waals surface area (Å²) < 4.78 is 1.57. The monoisotopic (exact) mass is 250 g/mol. The predicted octanol–water partition coefficient (Wildman–Crippen LogP) is 1.75. The number of halogens is 1. The second-order valence-electron chi connectivity index (χ2n) is 4.37. The Morgan fingerprint density at radius 3 is 2.88 bits per heavy atom. The van der Waals surface area contributed by atoms with Crippen LogP contribution in [0.15, 0.2) is 29.3 Å². The second kappa shape index (κ2) is 3.82. The Morgan fingerprint density at radius 2 is 2.18 bits per heavy atom. The smallest absolute Gasteiger partial charge is 0.262 e. The van der Waals surface area contributed by atoms with Gasteiger partial charge in [-0.15, -0.1) is 0 Å². The average molecular weight is 251 g/mol. The fourth-order valence-corrected chi connectivity index (χ4v) is 2.43. The first-order valence-electron chi connectivity index (χ1n) is 5.50. The number of hydrogen-bond acceptors (Lipinski definition) is 3. The van der Waals surface area contributed by atoms with Gasteiger partial charge in [0, 0.05) is 6.04 Å². The number of nitrogens with zero attached hydrogens (tertiary/aromatic N) is 2. The molecule has 0 bridgehead atoms. The number of aliphatic hydroxyl groups is 1. The number of rotatable bonds is 1. The minimum atomic E-state index is -0.297. The highest BCUT2D eigenvalue weighted by Crippen LogP contribution is 2.31. The molecule has 1 aromatic heterocycles. The van der Waals surface area contributed by atoms with E-state index in [4.69, 9.17) is 11.6 Å². The molecule has 0 atom stereocenters. The van der Waals surface area contributed by atoms with Crippen molar-refractivity contribution in [3.8, 4) is 0 Å². The van der Waals surface area contributed by atoms with E-state index in [-0.39, 0.29) is 17.7 Å². The van der Waals surface area contributed by atoms with Crippen LogP contribution in [0.3, 0.4) is 0 Å². The van der Waals surface area contributed by atoms with Crippen LogP contribution >= 0.6 is 11.6 Å². The van der Waals surface area contributed by atoms with Gasteiger partial charge >= 0.3 is 0 Å². The first kappa shape index (κ1) is 10.7. The molecule has 0 radical (unpaired) electrons. The summed E-state index contributed by atoms with van der Waals surface area (Å²) >= 11 is 6.03. The summed E-state index contributed by atoms with van der Waals surface area (Å²) in [4.78, 5) is 16.5. The van der Waals surface area contributed by atoms with Gasteiger partial charge < -0.3 is 5.11 Å². The van der Waals surface area contributed by atoms with Crippen molar-refractivity contribution >= 4 is 22.5 Å². The maximum Gasteiger partial charge on any atom is 0.262 e. The van der Waals surface area contributed by atoms with Gasteiger partial charge in [-0.3, -0.25) is 9.36 Å². The molecule has 2 aromatic rings. The van der Waals surface area contributed by atoms with Crippen molar-refractivity contribution in [2.45, 2.75) is 25.0 Å². The molecule has 5 heteroatoms. The molecular weight excluding hydrogens is 240 g/mol. The van der Waals surface area contributed by atoms with Crippen molar-refractivity contribution in [1.29, 1.82) is 0 Å². The van der Waals surface area contributed by atoms with Crippen LogP contribution in [0.5, 0.6) is 0 Å². The lowest BCUT2D eigenvalue weighted by Crippen LogP contribution is -2.36. The standard InChI is InChI=1S/C12H11ClN2O2/c13-9-2-1-3-10-11(9)12(17)15(6-14-10)7-4-8(16)5-7/h1-3,6-8,16H,4-5H2. The van der Waals surface area contributed by atoms with Crippen molar-refractivity contribution in [3.05, 3.63) is 39.9 Å². The van der Waals surface area contributed by atoms with Crippen LogP contribution in [0.25, 0.3) is 10.9 Å². The number of benzene rings is 1. The average Bonchev–Trinajstić information content (AvgIpc) is 2.26. The van der Waals surface area contributed by atoms with Gasteiger partial charge in [-0.1, -0.05) is 17.7 Å². The Balaban J connectivity index is 2.19. The predicted molar refractivity (Wildman–Crippen MR) is 65.3 cm³/mol. The zero-order valence-electron chi connectivity index (χ0n) is 9.01. The molecule has 0 spiro atoms. The number of aromatic nitrogens is 2. The van der Waals surface area contributed by atoms with Crippen LogP contribution in [-0.2, 0) is 0 Å². The third kappa shape index (κ3) is 1.64. The molecule has 1 fully saturated rings. The molecule has 1 saturated carbocycles. The van der Waals surface area contributed by atoms with Gasteiger partial charge in [0.15, 0.2) is 0 Å². The summed E-state index contributed by atoms with van der Waals surface area (Å²) in [7, 11) is 0. The molecule has 88 valence electrons. The molecule has 0 saturated heterocycles. The molecular formula is C12H11ClN2O2. The molecule has 1 aliphatic rings. The highest BCUT2D eigenvalue weighted by atomic mass is 35.5. The molecule has 1 N–H and O–H groups in total. The lowest BCUT2D eigenvalue weighted by Gasteiger charge is -2.32. The summed E-state index contributed by atoms with van der Waals surface area (Å²) in [5.41, 5.74) is 0.483. The Bertz CT molecular complexity index is 632. The highest BCUT2D eigenvalue weighted by Gasteiger charge is 2.29. The SMILES string of the molecule is O=c1c2c(Cl)cccc2ncn1C1CC(O)C1. The lowest BCUT2D eigenvalue weighted by atomic mass is 9.89. The van der Waals surface area contributed by atoms with Crippen molar-refractivity contribution in [3.63, 3.8) is 0 Å². The summed E-state index contributed by atoms with van der Waals surface area (Å²) in [6.07, 6.45) is 2.46. The normalized spacial score (nSPS) is 23.6. The molecule has 0 aliphatic heterocycles. The molecule has 17 heavy (non-hydrogen) atoms. The Labute approximate surface area is 102 Å². The van der Waals surface area contributed by atoms with Crippen LogP contribution in [0.2, 0.25) is 5.02 Å². The van der Waals surface area contributed by atoms with Crippen LogP contribution in [0, 0.1) is 0 Å². The van der Waals surface area contributed by atoms with Crippen molar-refractivity contribution < 1.29 is 5.11 Å². The van der Waals surface area contributed by atoms with E-state index < -0.39 is 0 Å². The van der Waals surface area contributed by atoms with E-state index in [2.05, 4.69) is 4.98 Å². The van der Waals surface area contributed by atoms with Crippen molar-refractivity contribution in [1.82, 2.24) is 9.55 Å². The van der Waals surface area contributed by atoms with E-state index in [0.717, 1.165) is 0 Å². The molecule has 4 nitrogen and oxygen atoms in total. The maximum atomic E-state index is 12.2. The van der Waals surface area contributed by atoms with Crippen LogP contribution < -0.4 is 5.56 Å². The first-order valence-corrected chi connectivity index (χ1v) is 5.88. The van der Waals surface area contributed by atoms with Gasteiger partial charge in [-0.2, -0.15) is 0 Å². The summed E-state index contributed by atoms with van der Waals surface area (Å²) in [5.74, 6) is 0. The summed E-state index contributed by atoms with van der Waals surface area (Å²) in [6.45, 7) is 0. The number of hydrogen-bond donors (Lipinski definition) is 1. The largest absolute Gasteiger partial charge is 0.393 e. The van der Waals surface area contributed by atoms with Crippen molar-refractivity contribution in [2.75, 3.05) is 0 Å². The van der Waals surface area contributed by atoms with Gasteiger partial charge in [0.1, 0.15) is 0 Å². The summed E-state index contributed by atoms with van der Waals surface area (Å²) in [6, 6.07) is 5.27. The fraction of sp³-hybridized carbons (Fsp3) is 0.333. The number of fused-ring (bicyclic) bond motifs is 1. The van der Waals surface area contributed by atoms with Gasteiger partial charge in [0.2, 0.25) is 0 Å². The van der Waals surface area contributed by atoms with Crippen LogP contribution in [0.1, 0.15) is 18.9 Å². The van der Waals surface area contributed by atoms with E-state index in [9.17, 15) is 9.90 Å². The third-order valence-electron chi connectivity index (χ3n) is 3.24. The van der Waals surface area contributed by atoms with Gasteiger partial charge in [0.25, 0.3) is 5.56 Å². The molecule has 0 amide bonds. The van der Waals surface area contributed by atoms with Crippen LogP contribution in [-0.4, -0.2) is 20.8 Å². The Morgan fingerprint density at radius 1 is 1.41 bits per heavy atom. The molecule has 0 unspecified atom stereocenters. The van der Waals surface area contributed by atoms with Gasteiger partial charge in [-0.25, -0.2) is 4.98 Å². The third-order valence-corrected chi connectivity index (χ3v) is 3.56. The minimum Gasteiger partial charge on any atom is -0.393 e. The highest BCUT2D eigenvalue weighted by molar-refractivity contribution is 6.35. The lowest BCUT2D eigenvalue weighted by molar-refractivity contribution is 0.0469. The molecule has 3 rings (SSSR count). The van der Waals surface area contributed by atoms with Crippen molar-refractivity contribution in [2.24, 2.45) is 0 Å². The summed E-state index contributed by atoms with van der Waals surface area (Å²) in [5, 5.41) is 10.2. The fourth-order valence-electron chi connectivity index (χ4n) is 2.18. The van der Waals surface area contributed by atoms with E-state index >= 15 is 0 Å². The van der Waals surface area contributed by atoms with Gasteiger partial charge in [0.05, 0.1) is 28.4 Å². The second-order valence-corrected chi connectivity index (χ2v) is 4.78. The quantitative estimate of drug-likeness (QED) is 0.839. The van der Waals surface area contributed by atoms with E-state index in [1.807, 2.05) is 0 Å². The minimum absolute atomic E-state index is 0.0469. The van der Waals surface area contributed by atoms with E-state index in [0.29, 0.717) is 28.8 Å². The topological polar surface area (TPSA) is 55.1 Å². The molecule has 1 aliphatic carbocycles. The Hall–Kier alpha value is -1.39. The first-order chi connectivity index (χ1) is 8.16. The Kier molecular flexibility index (Phi) is 2.42. The van der Waals surface area contributed by atoms with Gasteiger partial charge in [-0.05, 0) is 25.0 Å².